The molecule has 1 aliphatic rings. The van der Waals surface area contributed by atoms with E-state index < -0.39 is 0 Å². The summed E-state index contributed by atoms with van der Waals surface area (Å²) in [5.41, 5.74) is 0.877. The van der Waals surface area contributed by atoms with Crippen molar-refractivity contribution in [3.8, 4) is 5.75 Å². The largest absolute Gasteiger partial charge is 0.508 e. The van der Waals surface area contributed by atoms with Crippen LogP contribution < -0.4 is 0 Å². The fourth-order valence-corrected chi connectivity index (χ4v) is 2.29. The molecule has 1 aliphatic heterocycles. The van der Waals surface area contributed by atoms with Crippen molar-refractivity contribution in [2.75, 3.05) is 13.1 Å². The van der Waals surface area contributed by atoms with Crippen LogP contribution in [0.15, 0.2) is 24.3 Å². The molecule has 17 heavy (non-hydrogen) atoms. The summed E-state index contributed by atoms with van der Waals surface area (Å²) in [4.78, 5) is 14.0. The van der Waals surface area contributed by atoms with Gasteiger partial charge < -0.3 is 10.0 Å². The van der Waals surface area contributed by atoms with Crippen LogP contribution in [0.4, 0.5) is 0 Å². The first-order chi connectivity index (χ1) is 8.06. The van der Waals surface area contributed by atoms with Crippen LogP contribution in [0.5, 0.6) is 5.75 Å². The van der Waals surface area contributed by atoms with Crippen molar-refractivity contribution in [2.45, 2.75) is 20.3 Å². The van der Waals surface area contributed by atoms with Gasteiger partial charge in [0.05, 0.1) is 6.42 Å². The first-order valence-electron chi connectivity index (χ1n) is 6.12. The third-order valence-corrected chi connectivity index (χ3v) is 3.61. The molecule has 0 saturated carbocycles. The van der Waals surface area contributed by atoms with Gasteiger partial charge in [-0.25, -0.2) is 0 Å². The number of carbonyl (C=O) groups excluding carboxylic acids is 1. The van der Waals surface area contributed by atoms with E-state index in [1.54, 1.807) is 18.2 Å². The maximum absolute atomic E-state index is 12.1. The molecule has 1 heterocycles. The van der Waals surface area contributed by atoms with E-state index in [-0.39, 0.29) is 11.7 Å². The standard InChI is InChI=1S/C14H19NO2/c1-10-8-15(9-11(10)2)14(17)7-12-4-3-5-13(16)6-12/h3-6,10-11,16H,7-9H2,1-2H3. The zero-order valence-corrected chi connectivity index (χ0v) is 10.4. The van der Waals surface area contributed by atoms with Crippen LogP contribution in [-0.2, 0) is 11.2 Å². The second kappa shape index (κ2) is 4.78. The highest BCUT2D eigenvalue weighted by Gasteiger charge is 2.28. The monoisotopic (exact) mass is 233 g/mol. The average molecular weight is 233 g/mol. The van der Waals surface area contributed by atoms with E-state index in [0.717, 1.165) is 18.7 Å². The van der Waals surface area contributed by atoms with E-state index in [1.165, 1.54) is 0 Å². The summed E-state index contributed by atoms with van der Waals surface area (Å²) in [6, 6.07) is 6.92. The number of phenols is 1. The molecule has 3 heteroatoms. The van der Waals surface area contributed by atoms with Crippen LogP contribution in [0.25, 0.3) is 0 Å². The Balaban J connectivity index is 1.98. The second-order valence-corrected chi connectivity index (χ2v) is 5.10. The van der Waals surface area contributed by atoms with Gasteiger partial charge in [0.25, 0.3) is 0 Å². The van der Waals surface area contributed by atoms with Crippen molar-refractivity contribution in [1.82, 2.24) is 4.90 Å². The summed E-state index contributed by atoms with van der Waals surface area (Å²) in [5, 5.41) is 9.35. The lowest BCUT2D eigenvalue weighted by Crippen LogP contribution is -2.30. The van der Waals surface area contributed by atoms with E-state index in [2.05, 4.69) is 13.8 Å². The Hall–Kier alpha value is -1.51. The van der Waals surface area contributed by atoms with Crippen LogP contribution in [-0.4, -0.2) is 29.0 Å². The molecule has 2 unspecified atom stereocenters. The van der Waals surface area contributed by atoms with E-state index >= 15 is 0 Å². The van der Waals surface area contributed by atoms with Crippen molar-refractivity contribution in [2.24, 2.45) is 11.8 Å². The highest BCUT2D eigenvalue weighted by Crippen LogP contribution is 2.23. The summed E-state index contributed by atoms with van der Waals surface area (Å²) in [5.74, 6) is 1.55. The van der Waals surface area contributed by atoms with E-state index in [4.69, 9.17) is 0 Å². The molecule has 92 valence electrons. The lowest BCUT2D eigenvalue weighted by atomic mass is 10.0. The number of benzene rings is 1. The molecule has 1 fully saturated rings. The normalized spacial score (nSPS) is 24.0. The first kappa shape index (κ1) is 12.0. The molecule has 2 rings (SSSR count). The summed E-state index contributed by atoms with van der Waals surface area (Å²) < 4.78 is 0. The Morgan fingerprint density at radius 1 is 1.35 bits per heavy atom. The number of amides is 1. The average Bonchev–Trinajstić information content (AvgIpc) is 2.59. The van der Waals surface area contributed by atoms with Crippen LogP contribution in [0.3, 0.4) is 0 Å². The van der Waals surface area contributed by atoms with Gasteiger partial charge in [0.15, 0.2) is 0 Å². The van der Waals surface area contributed by atoms with Gasteiger partial charge in [-0.05, 0) is 29.5 Å². The number of aromatic hydroxyl groups is 1. The van der Waals surface area contributed by atoms with Gasteiger partial charge in [-0.1, -0.05) is 26.0 Å². The molecule has 1 aromatic carbocycles. The number of hydrogen-bond acceptors (Lipinski definition) is 2. The number of phenolic OH excluding ortho intramolecular Hbond substituents is 1. The third-order valence-electron chi connectivity index (χ3n) is 3.61. The molecule has 3 nitrogen and oxygen atoms in total. The van der Waals surface area contributed by atoms with E-state index in [9.17, 15) is 9.90 Å². The molecule has 0 spiro atoms. The summed E-state index contributed by atoms with van der Waals surface area (Å²) >= 11 is 0. The van der Waals surface area contributed by atoms with Crippen LogP contribution in [0.1, 0.15) is 19.4 Å². The van der Waals surface area contributed by atoms with Crippen molar-refractivity contribution >= 4 is 5.91 Å². The van der Waals surface area contributed by atoms with Crippen molar-refractivity contribution in [3.05, 3.63) is 29.8 Å². The van der Waals surface area contributed by atoms with Gasteiger partial charge in [0, 0.05) is 13.1 Å². The van der Waals surface area contributed by atoms with Crippen LogP contribution in [0.2, 0.25) is 0 Å². The number of nitrogens with zero attached hydrogens (tertiary/aromatic N) is 1. The third kappa shape index (κ3) is 2.78. The number of hydrogen-bond donors (Lipinski definition) is 1. The molecule has 0 aromatic heterocycles. The van der Waals surface area contributed by atoms with Gasteiger partial charge in [-0.15, -0.1) is 0 Å². The molecule has 1 aromatic rings. The Kier molecular flexibility index (Phi) is 3.36. The van der Waals surface area contributed by atoms with Crippen LogP contribution in [0, 0.1) is 11.8 Å². The highest BCUT2D eigenvalue weighted by atomic mass is 16.3. The maximum atomic E-state index is 12.1. The van der Waals surface area contributed by atoms with E-state index in [0.29, 0.717) is 18.3 Å². The minimum absolute atomic E-state index is 0.159. The predicted molar refractivity (Wildman–Crippen MR) is 66.7 cm³/mol. The molecular weight excluding hydrogens is 214 g/mol. The summed E-state index contributed by atoms with van der Waals surface area (Å²) in [6.07, 6.45) is 0.383. The lowest BCUT2D eigenvalue weighted by Gasteiger charge is -2.16. The maximum Gasteiger partial charge on any atom is 0.227 e. The van der Waals surface area contributed by atoms with Gasteiger partial charge in [-0.2, -0.15) is 0 Å². The topological polar surface area (TPSA) is 40.5 Å². The quantitative estimate of drug-likeness (QED) is 0.849. The predicted octanol–water partition coefficient (Wildman–Crippen LogP) is 2.05. The minimum atomic E-state index is 0.159. The van der Waals surface area contributed by atoms with Crippen molar-refractivity contribution in [3.63, 3.8) is 0 Å². The molecule has 1 amide bonds. The van der Waals surface area contributed by atoms with Gasteiger partial charge in [0.1, 0.15) is 5.75 Å². The van der Waals surface area contributed by atoms with Crippen molar-refractivity contribution < 1.29 is 9.90 Å². The van der Waals surface area contributed by atoms with Gasteiger partial charge >= 0.3 is 0 Å². The van der Waals surface area contributed by atoms with Crippen molar-refractivity contribution in [1.29, 1.82) is 0 Å². The Bertz CT molecular complexity index is 406. The fraction of sp³-hybridized carbons (Fsp3) is 0.500. The second-order valence-electron chi connectivity index (χ2n) is 5.10. The molecule has 0 aliphatic carbocycles. The Morgan fingerprint density at radius 3 is 2.59 bits per heavy atom. The highest BCUT2D eigenvalue weighted by molar-refractivity contribution is 5.79. The minimum Gasteiger partial charge on any atom is -0.508 e. The summed E-state index contributed by atoms with van der Waals surface area (Å²) in [6.45, 7) is 6.09. The first-order valence-corrected chi connectivity index (χ1v) is 6.12. The fourth-order valence-electron chi connectivity index (χ4n) is 2.29. The smallest absolute Gasteiger partial charge is 0.227 e. The van der Waals surface area contributed by atoms with Gasteiger partial charge in [-0.3, -0.25) is 4.79 Å². The molecule has 1 N–H and O–H groups in total. The molecule has 0 radical (unpaired) electrons. The molecular formula is C14H19NO2. The summed E-state index contributed by atoms with van der Waals surface area (Å²) in [7, 11) is 0. The van der Waals surface area contributed by atoms with E-state index in [1.807, 2.05) is 11.0 Å². The number of carbonyl (C=O) groups is 1. The Labute approximate surface area is 102 Å². The number of likely N-dealkylation sites (tertiary alicyclic amines) is 1. The Morgan fingerprint density at radius 2 is 2.00 bits per heavy atom. The zero-order valence-electron chi connectivity index (χ0n) is 10.4. The SMILES string of the molecule is CC1CN(C(=O)Cc2cccc(O)c2)CC1C. The van der Waals surface area contributed by atoms with Gasteiger partial charge in [0.2, 0.25) is 5.91 Å². The molecule has 0 bridgehead atoms. The lowest BCUT2D eigenvalue weighted by molar-refractivity contribution is -0.129. The molecule has 2 atom stereocenters. The molecule has 1 saturated heterocycles. The van der Waals surface area contributed by atoms with Crippen LogP contribution >= 0.6 is 0 Å². The number of rotatable bonds is 2. The zero-order chi connectivity index (χ0) is 12.4.